The average Bonchev–Trinajstić information content (AvgIpc) is 2.62. The van der Waals surface area contributed by atoms with Crippen molar-refractivity contribution in [2.24, 2.45) is 0 Å². The Morgan fingerprint density at radius 1 is 1.26 bits per heavy atom. The van der Waals surface area contributed by atoms with Crippen molar-refractivity contribution >= 4 is 5.91 Å². The molecule has 0 bridgehead atoms. The summed E-state index contributed by atoms with van der Waals surface area (Å²) in [6, 6.07) is 6.81. The van der Waals surface area contributed by atoms with Gasteiger partial charge >= 0.3 is 0 Å². The molecule has 2 N–H and O–H groups in total. The summed E-state index contributed by atoms with van der Waals surface area (Å²) in [6.45, 7) is 0.717. The molecular weight excluding hydrogens is 254 g/mol. The van der Waals surface area contributed by atoms with Gasteiger partial charge in [0.15, 0.2) is 0 Å². The van der Waals surface area contributed by atoms with E-state index in [1.54, 1.807) is 24.3 Å². The molecule has 1 saturated heterocycles. The number of amides is 1. The predicted molar refractivity (Wildman–Crippen MR) is 66.3 cm³/mol. The van der Waals surface area contributed by atoms with Crippen molar-refractivity contribution in [2.75, 3.05) is 19.7 Å². The largest absolute Gasteiger partial charge is 0.488 e. The van der Waals surface area contributed by atoms with Crippen LogP contribution in [0.1, 0.15) is 18.0 Å². The van der Waals surface area contributed by atoms with Crippen LogP contribution in [0.5, 0.6) is 5.75 Å². The number of nitrogens with one attached hydrogen (secondary N) is 2. The van der Waals surface area contributed by atoms with E-state index in [-0.39, 0.29) is 11.9 Å². The Labute approximate surface area is 110 Å². The molecule has 0 radical (unpaired) electrons. The van der Waals surface area contributed by atoms with Crippen LogP contribution in [0.3, 0.4) is 0 Å². The topological polar surface area (TPSA) is 50.4 Å². The number of hydrogen-bond acceptors (Lipinski definition) is 3. The zero-order chi connectivity index (χ0) is 13.7. The molecule has 0 aromatic heterocycles. The SMILES string of the molecule is O=C1CC(c2ccc(OCC(F)F)cc2)NCCN1. The normalized spacial score (nSPS) is 19.9. The third-order valence-corrected chi connectivity index (χ3v) is 2.89. The lowest BCUT2D eigenvalue weighted by Gasteiger charge is -2.15. The van der Waals surface area contributed by atoms with Crippen LogP contribution in [-0.2, 0) is 4.79 Å². The number of ether oxygens (including phenoxy) is 1. The first kappa shape index (κ1) is 13.7. The molecular formula is C13H16F2N2O2. The molecule has 4 nitrogen and oxygen atoms in total. The highest BCUT2D eigenvalue weighted by molar-refractivity contribution is 5.77. The number of carbonyl (C=O) groups excluding carboxylic acids is 1. The van der Waals surface area contributed by atoms with E-state index in [0.29, 0.717) is 25.3 Å². The first-order chi connectivity index (χ1) is 9.15. The molecule has 6 heteroatoms. The number of alkyl halides is 2. The van der Waals surface area contributed by atoms with Crippen LogP contribution in [0.25, 0.3) is 0 Å². The van der Waals surface area contributed by atoms with Gasteiger partial charge in [-0.05, 0) is 17.7 Å². The summed E-state index contributed by atoms with van der Waals surface area (Å²) >= 11 is 0. The van der Waals surface area contributed by atoms with Crippen LogP contribution >= 0.6 is 0 Å². The highest BCUT2D eigenvalue weighted by Crippen LogP contribution is 2.21. The summed E-state index contributed by atoms with van der Waals surface area (Å²) in [4.78, 5) is 11.5. The monoisotopic (exact) mass is 270 g/mol. The van der Waals surface area contributed by atoms with E-state index in [0.717, 1.165) is 5.56 Å². The Hall–Kier alpha value is -1.69. The van der Waals surface area contributed by atoms with Gasteiger partial charge in [0.25, 0.3) is 6.43 Å². The molecule has 0 aliphatic carbocycles. The van der Waals surface area contributed by atoms with E-state index < -0.39 is 13.0 Å². The van der Waals surface area contributed by atoms with Gasteiger partial charge in [-0.2, -0.15) is 0 Å². The van der Waals surface area contributed by atoms with Crippen LogP contribution in [0.15, 0.2) is 24.3 Å². The summed E-state index contributed by atoms with van der Waals surface area (Å²) in [5.74, 6) is 0.412. The second kappa shape index (κ2) is 6.47. The van der Waals surface area contributed by atoms with Gasteiger partial charge in [0, 0.05) is 25.6 Å². The van der Waals surface area contributed by atoms with E-state index in [9.17, 15) is 13.6 Å². The molecule has 1 atom stereocenters. The van der Waals surface area contributed by atoms with Crippen molar-refractivity contribution < 1.29 is 18.3 Å². The van der Waals surface area contributed by atoms with Gasteiger partial charge in [0.2, 0.25) is 5.91 Å². The van der Waals surface area contributed by atoms with E-state index in [4.69, 9.17) is 4.74 Å². The molecule has 1 heterocycles. The van der Waals surface area contributed by atoms with Crippen molar-refractivity contribution in [2.45, 2.75) is 18.9 Å². The lowest BCUT2D eigenvalue weighted by Crippen LogP contribution is -2.24. The molecule has 1 unspecified atom stereocenters. The zero-order valence-corrected chi connectivity index (χ0v) is 10.4. The summed E-state index contributed by atoms with van der Waals surface area (Å²) in [7, 11) is 0. The number of benzene rings is 1. The third kappa shape index (κ3) is 4.17. The minimum atomic E-state index is -2.48. The molecule has 1 aromatic carbocycles. The molecule has 2 rings (SSSR count). The fourth-order valence-electron chi connectivity index (χ4n) is 1.97. The Kier molecular flexibility index (Phi) is 4.68. The van der Waals surface area contributed by atoms with Crippen LogP contribution in [0.2, 0.25) is 0 Å². The van der Waals surface area contributed by atoms with Gasteiger partial charge in [-0.3, -0.25) is 4.79 Å². The number of hydrogen-bond donors (Lipinski definition) is 2. The molecule has 1 aromatic rings. The van der Waals surface area contributed by atoms with E-state index in [1.807, 2.05) is 0 Å². The van der Waals surface area contributed by atoms with Gasteiger partial charge in [-0.15, -0.1) is 0 Å². The smallest absolute Gasteiger partial charge is 0.272 e. The summed E-state index contributed by atoms with van der Waals surface area (Å²) in [5, 5.41) is 6.03. The Balaban J connectivity index is 1.98. The third-order valence-electron chi connectivity index (χ3n) is 2.89. The number of halogens is 2. The van der Waals surface area contributed by atoms with Gasteiger partial charge in [-0.1, -0.05) is 12.1 Å². The lowest BCUT2D eigenvalue weighted by atomic mass is 10.0. The molecule has 1 fully saturated rings. The standard InChI is InChI=1S/C13H16F2N2O2/c14-12(15)8-19-10-3-1-9(2-4-10)11-7-13(18)17-6-5-16-11/h1-4,11-12,16H,5-8H2,(H,17,18). The maximum absolute atomic E-state index is 12.0. The Morgan fingerprint density at radius 2 is 2.00 bits per heavy atom. The molecule has 0 saturated carbocycles. The predicted octanol–water partition coefficient (Wildman–Crippen LogP) is 1.48. The zero-order valence-electron chi connectivity index (χ0n) is 10.4. The van der Waals surface area contributed by atoms with Gasteiger partial charge in [-0.25, -0.2) is 8.78 Å². The molecule has 1 amide bonds. The summed E-state index contributed by atoms with van der Waals surface area (Å²) in [5.41, 5.74) is 0.946. The summed E-state index contributed by atoms with van der Waals surface area (Å²) in [6.07, 6.45) is -2.11. The van der Waals surface area contributed by atoms with Crippen LogP contribution in [0, 0.1) is 0 Å². The highest BCUT2D eigenvalue weighted by Gasteiger charge is 2.18. The molecule has 104 valence electrons. The number of carbonyl (C=O) groups is 1. The van der Waals surface area contributed by atoms with Crippen LogP contribution < -0.4 is 15.4 Å². The Bertz CT molecular complexity index is 423. The molecule has 19 heavy (non-hydrogen) atoms. The van der Waals surface area contributed by atoms with Crippen LogP contribution in [-0.4, -0.2) is 32.0 Å². The van der Waals surface area contributed by atoms with E-state index in [2.05, 4.69) is 10.6 Å². The van der Waals surface area contributed by atoms with E-state index in [1.165, 1.54) is 0 Å². The van der Waals surface area contributed by atoms with Crippen molar-refractivity contribution in [1.82, 2.24) is 10.6 Å². The highest BCUT2D eigenvalue weighted by atomic mass is 19.3. The van der Waals surface area contributed by atoms with Crippen molar-refractivity contribution in [3.8, 4) is 5.75 Å². The first-order valence-corrected chi connectivity index (χ1v) is 6.16. The number of rotatable bonds is 4. The molecule has 1 aliphatic rings. The van der Waals surface area contributed by atoms with Gasteiger partial charge in [0.1, 0.15) is 12.4 Å². The van der Waals surface area contributed by atoms with Crippen molar-refractivity contribution in [3.63, 3.8) is 0 Å². The van der Waals surface area contributed by atoms with Crippen LogP contribution in [0.4, 0.5) is 8.78 Å². The second-order valence-corrected chi connectivity index (χ2v) is 4.33. The van der Waals surface area contributed by atoms with Gasteiger partial charge in [0.05, 0.1) is 0 Å². The molecule has 1 aliphatic heterocycles. The second-order valence-electron chi connectivity index (χ2n) is 4.33. The molecule has 0 spiro atoms. The lowest BCUT2D eigenvalue weighted by molar-refractivity contribution is -0.121. The fourth-order valence-corrected chi connectivity index (χ4v) is 1.97. The van der Waals surface area contributed by atoms with Gasteiger partial charge < -0.3 is 15.4 Å². The summed E-state index contributed by atoms with van der Waals surface area (Å²) < 4.78 is 28.9. The maximum atomic E-state index is 12.0. The first-order valence-electron chi connectivity index (χ1n) is 6.16. The van der Waals surface area contributed by atoms with Crippen molar-refractivity contribution in [3.05, 3.63) is 29.8 Å². The minimum Gasteiger partial charge on any atom is -0.488 e. The minimum absolute atomic E-state index is 0.00743. The van der Waals surface area contributed by atoms with E-state index >= 15 is 0 Å². The maximum Gasteiger partial charge on any atom is 0.272 e. The Morgan fingerprint density at radius 3 is 2.68 bits per heavy atom. The van der Waals surface area contributed by atoms with Crippen molar-refractivity contribution in [1.29, 1.82) is 0 Å². The average molecular weight is 270 g/mol. The fraction of sp³-hybridized carbons (Fsp3) is 0.462. The quantitative estimate of drug-likeness (QED) is 0.871.